The van der Waals surface area contributed by atoms with Gasteiger partial charge in [-0.3, -0.25) is 14.2 Å². The minimum atomic E-state index is -4.89. The minimum absolute atomic E-state index is 0.0336. The molecule has 18 heteroatoms. The lowest BCUT2D eigenvalue weighted by molar-refractivity contribution is -0.148. The van der Waals surface area contributed by atoms with E-state index in [0.29, 0.717) is 17.5 Å². The van der Waals surface area contributed by atoms with Crippen LogP contribution in [0.4, 0.5) is 30.7 Å². The van der Waals surface area contributed by atoms with Crippen molar-refractivity contribution >= 4 is 46.8 Å². The van der Waals surface area contributed by atoms with Gasteiger partial charge < -0.3 is 24.0 Å². The molecule has 48 heavy (non-hydrogen) atoms. The molecule has 1 N–H and O–H groups in total. The number of hydrogen-bond donors (Lipinski definition) is 1. The van der Waals surface area contributed by atoms with Crippen molar-refractivity contribution in [2.24, 2.45) is 0 Å². The maximum atomic E-state index is 15.3. The predicted molar refractivity (Wildman–Crippen MR) is 157 cm³/mol. The molecule has 0 saturated carbocycles. The van der Waals surface area contributed by atoms with E-state index in [1.54, 1.807) is 0 Å². The molecule has 2 aromatic carbocycles. The Morgan fingerprint density at radius 1 is 0.938 bits per heavy atom. The number of rotatable bonds is 10. The van der Waals surface area contributed by atoms with E-state index < -0.39 is 89.6 Å². The fourth-order valence-corrected chi connectivity index (χ4v) is 8.32. The van der Waals surface area contributed by atoms with Crippen LogP contribution in [0.3, 0.4) is 0 Å². The Morgan fingerprint density at radius 2 is 1.56 bits per heavy atom. The first kappa shape index (κ1) is 35.8. The number of amides is 2. The quantitative estimate of drug-likeness (QED) is 0.0590. The number of alkyl halides is 2. The molecule has 2 aliphatic heterocycles. The largest absolute Gasteiger partial charge is 0.418 e. The van der Waals surface area contributed by atoms with Crippen molar-refractivity contribution in [3.8, 4) is 5.75 Å². The van der Waals surface area contributed by atoms with Crippen LogP contribution in [0, 0.1) is 29.1 Å². The monoisotopic (exact) mass is 724 g/mol. The highest BCUT2D eigenvalue weighted by atomic mass is 32.1. The lowest BCUT2D eigenvalue weighted by Gasteiger charge is -2.30. The van der Waals surface area contributed by atoms with E-state index in [1.807, 2.05) is 0 Å². The third-order valence-electron chi connectivity index (χ3n) is 8.06. The number of nitrogens with zero attached hydrogens (tertiary/aromatic N) is 1. The molecule has 3 heterocycles. The molecule has 0 spiro atoms. The minimum Gasteiger partial charge on any atom is -0.418 e. The second kappa shape index (κ2) is 13.8. The zero-order valence-corrected chi connectivity index (χ0v) is 27.0. The maximum absolute atomic E-state index is 15.3. The Morgan fingerprint density at radius 3 is 2.19 bits per heavy atom. The van der Waals surface area contributed by atoms with Crippen LogP contribution < -0.4 is 10.1 Å². The van der Waals surface area contributed by atoms with E-state index in [2.05, 4.69) is 10.1 Å². The van der Waals surface area contributed by atoms with Crippen molar-refractivity contribution in [1.29, 1.82) is 0 Å². The average molecular weight is 725 g/mol. The van der Waals surface area contributed by atoms with Crippen molar-refractivity contribution < 1.29 is 63.5 Å². The van der Waals surface area contributed by atoms with E-state index in [9.17, 15) is 40.9 Å². The average Bonchev–Trinajstić information content (AvgIpc) is 3.65. The molecule has 3 aromatic rings. The van der Waals surface area contributed by atoms with E-state index >= 15 is 8.78 Å². The lowest BCUT2D eigenvalue weighted by atomic mass is 10.1. The zero-order chi connectivity index (χ0) is 35.1. The summed E-state index contributed by atoms with van der Waals surface area (Å²) in [6.07, 6.45) is 1.18. The van der Waals surface area contributed by atoms with Gasteiger partial charge in [-0.25, -0.2) is 18.0 Å². The number of esters is 1. The summed E-state index contributed by atoms with van der Waals surface area (Å²) < 4.78 is 127. The van der Waals surface area contributed by atoms with Gasteiger partial charge in [0.05, 0.1) is 18.1 Å². The smallest absolute Gasteiger partial charge is 0.404 e. The van der Waals surface area contributed by atoms with Crippen molar-refractivity contribution in [3.63, 3.8) is 0 Å². The molecule has 1 aromatic heterocycles. The second-order valence-corrected chi connectivity index (χ2v) is 14.2. The normalized spacial score (nSPS) is 20.1. The van der Waals surface area contributed by atoms with Crippen LogP contribution in [0.25, 0.3) is 10.1 Å². The summed E-state index contributed by atoms with van der Waals surface area (Å²) in [5, 5.41) is 2.80. The van der Waals surface area contributed by atoms with Crippen LogP contribution in [0.5, 0.6) is 5.75 Å². The first-order chi connectivity index (χ1) is 22.6. The lowest BCUT2D eigenvalue weighted by Crippen LogP contribution is -2.53. The number of fused-ring (bicyclic) bond motifs is 2. The molecule has 9 nitrogen and oxygen atoms in total. The molecule has 2 fully saturated rings. The Bertz CT molecular complexity index is 1780. The van der Waals surface area contributed by atoms with Crippen molar-refractivity contribution in [2.75, 3.05) is 13.2 Å². The fraction of sp³-hybridized carbons (Fsp3) is 0.433. The summed E-state index contributed by atoms with van der Waals surface area (Å²) in [6.45, 7) is 2.21. The van der Waals surface area contributed by atoms with E-state index in [1.165, 1.54) is 26.0 Å². The van der Waals surface area contributed by atoms with Gasteiger partial charge in [0.1, 0.15) is 12.1 Å². The number of carbonyl (C=O) groups is 3. The van der Waals surface area contributed by atoms with Gasteiger partial charge >= 0.3 is 19.2 Å². The first-order valence-corrected chi connectivity index (χ1v) is 17.2. The molecule has 260 valence electrons. The summed E-state index contributed by atoms with van der Waals surface area (Å²) in [4.78, 5) is 41.0. The van der Waals surface area contributed by atoms with E-state index in [0.717, 1.165) is 28.4 Å². The highest BCUT2D eigenvalue weighted by molar-refractivity contribution is 7.54. The number of thiophene rings is 1. The number of halogens is 7. The zero-order valence-electron chi connectivity index (χ0n) is 25.3. The van der Waals surface area contributed by atoms with Gasteiger partial charge in [0.2, 0.25) is 40.7 Å². The molecule has 2 amide bonds. The summed E-state index contributed by atoms with van der Waals surface area (Å²) in [7, 11) is -4.89. The van der Waals surface area contributed by atoms with Gasteiger partial charge in [-0.15, -0.1) is 11.3 Å². The van der Waals surface area contributed by atoms with Crippen molar-refractivity contribution in [1.82, 2.24) is 10.2 Å². The van der Waals surface area contributed by atoms with E-state index in [4.69, 9.17) is 9.05 Å². The Hall–Kier alpha value is -3.53. The fourth-order valence-electron chi connectivity index (χ4n) is 5.84. The Kier molecular flexibility index (Phi) is 10.3. The number of nitrogens with one attached hydrogen (secondary N) is 1. The van der Waals surface area contributed by atoms with Crippen LogP contribution in [0.15, 0.2) is 24.3 Å². The second-order valence-electron chi connectivity index (χ2n) is 11.0. The van der Waals surface area contributed by atoms with Crippen LogP contribution in [0.2, 0.25) is 0 Å². The number of benzene rings is 2. The highest BCUT2D eigenvalue weighted by Gasteiger charge is 2.55. The third-order valence-corrected chi connectivity index (χ3v) is 11.3. The molecule has 3 atom stereocenters. The first-order valence-electron chi connectivity index (χ1n) is 14.8. The summed E-state index contributed by atoms with van der Waals surface area (Å²) in [5.41, 5.74) is -4.67. The molecule has 2 saturated heterocycles. The molecule has 0 bridgehead atoms. The Labute approximate surface area is 272 Å². The summed E-state index contributed by atoms with van der Waals surface area (Å²) >= 11 is 0.933. The molecule has 0 radical (unpaired) electrons. The Balaban J connectivity index is 1.34. The number of ether oxygens (including phenoxy) is 1. The maximum Gasteiger partial charge on any atom is 0.404 e. The van der Waals surface area contributed by atoms with Crippen LogP contribution in [-0.2, 0) is 28.9 Å². The molecule has 2 aliphatic rings. The SMILES string of the molecule is CCOP(=O)(OCC)C(F)(F)c1ccc2sc(C(=O)N[C@H]3CCC[C@H]4CC[C@@H](C(=O)Oc5c(F)c(F)c(F)c(F)c5F)N4C3=O)cc2c1. The van der Waals surface area contributed by atoms with Crippen molar-refractivity contribution in [2.45, 2.75) is 69.7 Å². The molecular formula is C30H28F7N2O7PS. The van der Waals surface area contributed by atoms with Crippen LogP contribution >= 0.6 is 18.9 Å². The molecular weight excluding hydrogens is 696 g/mol. The molecule has 5 rings (SSSR count). The molecule has 0 aliphatic carbocycles. The number of hydrogen-bond acceptors (Lipinski definition) is 8. The predicted octanol–water partition coefficient (Wildman–Crippen LogP) is 7.16. The third kappa shape index (κ3) is 6.32. The van der Waals surface area contributed by atoms with Crippen molar-refractivity contribution in [3.05, 3.63) is 63.8 Å². The van der Waals surface area contributed by atoms with Gasteiger partial charge in [0.25, 0.3) is 5.91 Å². The molecule has 0 unspecified atom stereocenters. The van der Waals surface area contributed by atoms with Crippen LogP contribution in [0.1, 0.15) is 61.2 Å². The summed E-state index contributed by atoms with van der Waals surface area (Å²) in [5.74, 6) is -16.4. The summed E-state index contributed by atoms with van der Waals surface area (Å²) in [6, 6.07) is 1.57. The van der Waals surface area contributed by atoms with Gasteiger partial charge in [-0.2, -0.15) is 17.6 Å². The van der Waals surface area contributed by atoms with E-state index in [-0.39, 0.29) is 42.7 Å². The topological polar surface area (TPSA) is 111 Å². The van der Waals surface area contributed by atoms with Gasteiger partial charge in [-0.1, -0.05) is 6.07 Å². The number of carbonyl (C=O) groups excluding carboxylic acids is 3. The highest BCUT2D eigenvalue weighted by Crippen LogP contribution is 2.67. The van der Waals surface area contributed by atoms with Gasteiger partial charge in [0.15, 0.2) is 0 Å². The van der Waals surface area contributed by atoms with Crippen LogP contribution in [-0.4, -0.2) is 54.0 Å². The van der Waals surface area contributed by atoms with Gasteiger partial charge in [-0.05, 0) is 69.5 Å². The van der Waals surface area contributed by atoms with Gasteiger partial charge in [0, 0.05) is 16.3 Å². The standard InChI is InChI=1S/C30H28F7N2O7PS/c1-3-44-47(43,45-4-2)30(36,37)15-8-11-19-14(12-15)13-20(48-19)27(40)38-17-7-5-6-16-9-10-18(39(16)28(17)41)29(42)46-26-24(34)22(32)21(31)23(33)25(26)35/h8,11-13,16-18H,3-7,9-10H2,1-2H3,(H,38,40)/t16-,17-,18-/m0/s1.